The van der Waals surface area contributed by atoms with Gasteiger partial charge in [0.25, 0.3) is 11.8 Å². The molecule has 0 aliphatic rings. The van der Waals surface area contributed by atoms with Gasteiger partial charge in [0.15, 0.2) is 0 Å². The van der Waals surface area contributed by atoms with Gasteiger partial charge in [0, 0.05) is 16.9 Å². The first-order chi connectivity index (χ1) is 13.1. The number of para-hydroxylation sites is 2. The van der Waals surface area contributed by atoms with Gasteiger partial charge in [-0.2, -0.15) is 0 Å². The van der Waals surface area contributed by atoms with Crippen LogP contribution in [0.1, 0.15) is 26.3 Å². The second kappa shape index (κ2) is 8.19. The molecule has 0 aromatic heterocycles. The summed E-state index contributed by atoms with van der Waals surface area (Å²) < 4.78 is 5.24. The van der Waals surface area contributed by atoms with Crippen molar-refractivity contribution in [3.8, 4) is 5.75 Å². The minimum atomic E-state index is -0.295. The van der Waals surface area contributed by atoms with Crippen molar-refractivity contribution in [2.24, 2.45) is 0 Å². The molecule has 0 radical (unpaired) electrons. The summed E-state index contributed by atoms with van der Waals surface area (Å²) in [5.74, 6) is -0.0456. The molecule has 0 saturated heterocycles. The Kier molecular flexibility index (Phi) is 5.52. The number of anilines is 2. The van der Waals surface area contributed by atoms with E-state index in [0.717, 1.165) is 5.56 Å². The third kappa shape index (κ3) is 4.33. The van der Waals surface area contributed by atoms with E-state index in [4.69, 9.17) is 4.74 Å². The van der Waals surface area contributed by atoms with Gasteiger partial charge in [0.05, 0.1) is 12.7 Å². The average molecular weight is 360 g/mol. The summed E-state index contributed by atoms with van der Waals surface area (Å²) in [6.07, 6.45) is 0. The van der Waals surface area contributed by atoms with Gasteiger partial charge in [-0.25, -0.2) is 0 Å². The highest BCUT2D eigenvalue weighted by molar-refractivity contribution is 6.08. The van der Waals surface area contributed by atoms with Crippen LogP contribution < -0.4 is 15.4 Å². The highest BCUT2D eigenvalue weighted by Crippen LogP contribution is 2.22. The predicted octanol–water partition coefficient (Wildman–Crippen LogP) is 4.51. The number of nitrogens with one attached hydrogen (secondary N) is 2. The molecule has 5 heteroatoms. The van der Waals surface area contributed by atoms with Gasteiger partial charge >= 0.3 is 0 Å². The highest BCUT2D eigenvalue weighted by Gasteiger charge is 2.14. The van der Waals surface area contributed by atoms with Crippen molar-refractivity contribution in [3.63, 3.8) is 0 Å². The van der Waals surface area contributed by atoms with E-state index in [1.807, 2.05) is 37.3 Å². The van der Waals surface area contributed by atoms with Crippen molar-refractivity contribution in [3.05, 3.63) is 89.5 Å². The topological polar surface area (TPSA) is 67.4 Å². The molecular weight excluding hydrogens is 340 g/mol. The van der Waals surface area contributed by atoms with E-state index in [1.54, 1.807) is 42.5 Å². The first-order valence-electron chi connectivity index (χ1n) is 8.50. The number of amides is 2. The maximum atomic E-state index is 12.6. The minimum Gasteiger partial charge on any atom is -0.496 e. The van der Waals surface area contributed by atoms with Gasteiger partial charge in [-0.3, -0.25) is 9.59 Å². The lowest BCUT2D eigenvalue weighted by molar-refractivity contribution is 0.101. The van der Waals surface area contributed by atoms with E-state index in [-0.39, 0.29) is 11.8 Å². The van der Waals surface area contributed by atoms with Crippen LogP contribution in [0.4, 0.5) is 11.4 Å². The highest BCUT2D eigenvalue weighted by atomic mass is 16.5. The molecule has 5 nitrogen and oxygen atoms in total. The van der Waals surface area contributed by atoms with Crippen LogP contribution >= 0.6 is 0 Å². The lowest BCUT2D eigenvalue weighted by Gasteiger charge is -2.12. The van der Waals surface area contributed by atoms with E-state index in [2.05, 4.69) is 10.6 Å². The minimum absolute atomic E-state index is 0.242. The third-order valence-electron chi connectivity index (χ3n) is 4.13. The van der Waals surface area contributed by atoms with Gasteiger partial charge in [0.2, 0.25) is 0 Å². The molecule has 27 heavy (non-hydrogen) atoms. The normalized spacial score (nSPS) is 10.1. The van der Waals surface area contributed by atoms with Gasteiger partial charge in [-0.1, -0.05) is 36.4 Å². The number of hydrogen-bond acceptors (Lipinski definition) is 3. The fourth-order valence-electron chi connectivity index (χ4n) is 2.64. The van der Waals surface area contributed by atoms with Crippen LogP contribution in [-0.2, 0) is 0 Å². The summed E-state index contributed by atoms with van der Waals surface area (Å²) in [7, 11) is 1.52. The molecular formula is C22H20N2O3. The van der Waals surface area contributed by atoms with E-state index >= 15 is 0 Å². The van der Waals surface area contributed by atoms with E-state index in [0.29, 0.717) is 28.3 Å². The quantitative estimate of drug-likeness (QED) is 0.703. The van der Waals surface area contributed by atoms with Crippen molar-refractivity contribution in [1.82, 2.24) is 0 Å². The molecule has 0 aliphatic carbocycles. The second-order valence-electron chi connectivity index (χ2n) is 6.00. The monoisotopic (exact) mass is 360 g/mol. The van der Waals surface area contributed by atoms with Crippen LogP contribution in [0.3, 0.4) is 0 Å². The number of methoxy groups -OCH3 is 1. The summed E-state index contributed by atoms with van der Waals surface area (Å²) in [4.78, 5) is 25.1. The molecule has 3 aromatic rings. The molecule has 0 bridgehead atoms. The molecule has 2 amide bonds. The summed E-state index contributed by atoms with van der Waals surface area (Å²) in [5.41, 5.74) is 3.03. The molecule has 2 N–H and O–H groups in total. The van der Waals surface area contributed by atoms with Gasteiger partial charge in [-0.15, -0.1) is 0 Å². The maximum absolute atomic E-state index is 12.6. The molecule has 3 rings (SSSR count). The Morgan fingerprint density at radius 2 is 1.52 bits per heavy atom. The Hall–Kier alpha value is -3.60. The Morgan fingerprint density at radius 3 is 2.26 bits per heavy atom. The van der Waals surface area contributed by atoms with Crippen LogP contribution in [0, 0.1) is 6.92 Å². The number of aryl methyl sites for hydroxylation is 1. The van der Waals surface area contributed by atoms with Crippen LogP contribution in [0.5, 0.6) is 5.75 Å². The Morgan fingerprint density at radius 1 is 0.815 bits per heavy atom. The summed E-state index contributed by atoms with van der Waals surface area (Å²) in [5, 5.41) is 5.70. The number of carbonyl (C=O) groups is 2. The van der Waals surface area contributed by atoms with E-state index < -0.39 is 0 Å². The molecule has 3 aromatic carbocycles. The molecule has 0 spiro atoms. The van der Waals surface area contributed by atoms with Crippen molar-refractivity contribution in [2.75, 3.05) is 17.7 Å². The number of rotatable bonds is 5. The Labute approximate surface area is 158 Å². The maximum Gasteiger partial charge on any atom is 0.259 e. The first kappa shape index (κ1) is 18.2. The zero-order valence-corrected chi connectivity index (χ0v) is 15.2. The molecule has 0 aliphatic heterocycles. The van der Waals surface area contributed by atoms with Crippen molar-refractivity contribution >= 4 is 23.2 Å². The summed E-state index contributed by atoms with van der Waals surface area (Å²) >= 11 is 0. The lowest BCUT2D eigenvalue weighted by Crippen LogP contribution is -2.16. The van der Waals surface area contributed by atoms with Crippen molar-refractivity contribution < 1.29 is 14.3 Å². The van der Waals surface area contributed by atoms with Gasteiger partial charge in [0.1, 0.15) is 5.75 Å². The average Bonchev–Trinajstić information content (AvgIpc) is 2.70. The van der Waals surface area contributed by atoms with Crippen LogP contribution in [-0.4, -0.2) is 18.9 Å². The number of ether oxygens (including phenoxy) is 1. The van der Waals surface area contributed by atoms with Gasteiger partial charge < -0.3 is 15.4 Å². The zero-order chi connectivity index (χ0) is 19.2. The fourth-order valence-corrected chi connectivity index (χ4v) is 2.64. The zero-order valence-electron chi connectivity index (χ0n) is 15.2. The lowest BCUT2D eigenvalue weighted by atomic mass is 10.1. The van der Waals surface area contributed by atoms with Crippen LogP contribution in [0.2, 0.25) is 0 Å². The number of hydrogen-bond donors (Lipinski definition) is 2. The molecule has 0 saturated carbocycles. The predicted molar refractivity (Wildman–Crippen MR) is 107 cm³/mol. The molecule has 136 valence electrons. The van der Waals surface area contributed by atoms with Gasteiger partial charge in [-0.05, 0) is 48.9 Å². The largest absolute Gasteiger partial charge is 0.496 e. The molecule has 0 fully saturated rings. The smallest absolute Gasteiger partial charge is 0.259 e. The van der Waals surface area contributed by atoms with E-state index in [1.165, 1.54) is 7.11 Å². The number of benzene rings is 3. The van der Waals surface area contributed by atoms with Crippen molar-refractivity contribution in [2.45, 2.75) is 6.92 Å². The number of carbonyl (C=O) groups excluding carboxylic acids is 2. The molecule has 0 atom stereocenters. The van der Waals surface area contributed by atoms with Crippen LogP contribution in [0.15, 0.2) is 72.8 Å². The molecule has 0 unspecified atom stereocenters. The van der Waals surface area contributed by atoms with E-state index in [9.17, 15) is 9.59 Å². The first-order valence-corrected chi connectivity index (χ1v) is 8.50. The SMILES string of the molecule is COc1ccccc1C(=O)Nc1cc(C(=O)Nc2ccccc2)ccc1C. The Balaban J connectivity index is 1.81. The second-order valence-corrected chi connectivity index (χ2v) is 6.00. The van der Waals surface area contributed by atoms with Crippen molar-refractivity contribution in [1.29, 1.82) is 0 Å². The van der Waals surface area contributed by atoms with Crippen LogP contribution in [0.25, 0.3) is 0 Å². The Bertz CT molecular complexity index is 968. The molecule has 0 heterocycles. The fraction of sp³-hybridized carbons (Fsp3) is 0.0909. The standard InChI is InChI=1S/C22H20N2O3/c1-15-12-13-16(21(25)23-17-8-4-3-5-9-17)14-19(15)24-22(26)18-10-6-7-11-20(18)27-2/h3-14H,1-2H3,(H,23,25)(H,24,26). The third-order valence-corrected chi connectivity index (χ3v) is 4.13. The summed E-state index contributed by atoms with van der Waals surface area (Å²) in [6, 6.07) is 21.4. The summed E-state index contributed by atoms with van der Waals surface area (Å²) in [6.45, 7) is 1.87.